The normalized spacial score (nSPS) is 23.0. The number of hydrogen-bond acceptors (Lipinski definition) is 5. The van der Waals surface area contributed by atoms with E-state index in [4.69, 9.17) is 14.6 Å². The van der Waals surface area contributed by atoms with Gasteiger partial charge in [-0.1, -0.05) is 24.3 Å². The van der Waals surface area contributed by atoms with E-state index in [-0.39, 0.29) is 11.9 Å². The lowest BCUT2D eigenvalue weighted by Gasteiger charge is -2.50. The van der Waals surface area contributed by atoms with Crippen LogP contribution in [0.5, 0.6) is 11.5 Å². The molecule has 28 heavy (non-hydrogen) atoms. The maximum Gasteiger partial charge on any atom is 0.200 e. The van der Waals surface area contributed by atoms with Crippen molar-refractivity contribution in [2.24, 2.45) is 5.10 Å². The van der Waals surface area contributed by atoms with Crippen LogP contribution in [0.1, 0.15) is 36.4 Å². The molecule has 1 spiro atoms. The number of likely N-dealkylation sites (tertiary alicyclic amines) is 1. The van der Waals surface area contributed by atoms with Crippen molar-refractivity contribution < 1.29 is 13.9 Å². The maximum absolute atomic E-state index is 13.4. The fourth-order valence-electron chi connectivity index (χ4n) is 4.55. The van der Waals surface area contributed by atoms with Gasteiger partial charge in [0.15, 0.2) is 11.5 Å². The molecule has 0 aromatic heterocycles. The van der Waals surface area contributed by atoms with Crippen LogP contribution in [-0.2, 0) is 0 Å². The zero-order valence-electron chi connectivity index (χ0n) is 16.2. The number of hydrazone groups is 1. The largest absolute Gasteiger partial charge is 0.493 e. The lowest BCUT2D eigenvalue weighted by Crippen LogP contribution is -2.58. The number of methoxy groups -OCH3 is 1. The van der Waals surface area contributed by atoms with Gasteiger partial charge in [0.05, 0.1) is 18.9 Å². The predicted octanol–water partition coefficient (Wildman–Crippen LogP) is 3.80. The topological polar surface area (TPSA) is 37.3 Å². The van der Waals surface area contributed by atoms with E-state index in [9.17, 15) is 4.39 Å². The maximum atomic E-state index is 13.4. The van der Waals surface area contributed by atoms with Gasteiger partial charge in [0.2, 0.25) is 5.72 Å². The highest BCUT2D eigenvalue weighted by Gasteiger charge is 2.52. The van der Waals surface area contributed by atoms with Gasteiger partial charge in [-0.25, -0.2) is 9.40 Å². The molecule has 3 aliphatic rings. The third-order valence-electron chi connectivity index (χ3n) is 6.15. The molecule has 0 aliphatic carbocycles. The van der Waals surface area contributed by atoms with Crippen LogP contribution in [0.15, 0.2) is 47.6 Å². The van der Waals surface area contributed by atoms with Crippen molar-refractivity contribution in [3.05, 3.63) is 59.4 Å². The lowest BCUT2D eigenvalue weighted by molar-refractivity contribution is -0.148. The number of benzene rings is 2. The molecule has 5 nitrogen and oxygen atoms in total. The molecule has 0 bridgehead atoms. The number of nitrogens with zero attached hydrogens (tertiary/aromatic N) is 3. The molecule has 1 atom stereocenters. The average Bonchev–Trinajstić information content (AvgIpc) is 3.17. The van der Waals surface area contributed by atoms with Crippen LogP contribution < -0.4 is 9.47 Å². The monoisotopic (exact) mass is 381 g/mol. The molecule has 6 heteroatoms. The molecule has 0 amide bonds. The minimum Gasteiger partial charge on any atom is -0.493 e. The van der Waals surface area contributed by atoms with Crippen LogP contribution in [-0.4, -0.2) is 48.6 Å². The summed E-state index contributed by atoms with van der Waals surface area (Å²) in [6, 6.07) is 12.8. The first kappa shape index (κ1) is 17.5. The molecule has 2 aromatic rings. The molecule has 1 fully saturated rings. The fourth-order valence-corrected chi connectivity index (χ4v) is 4.55. The molecule has 0 radical (unpaired) electrons. The molecular weight excluding hydrogens is 357 g/mol. The van der Waals surface area contributed by atoms with Gasteiger partial charge in [-0.05, 0) is 30.8 Å². The van der Waals surface area contributed by atoms with Crippen molar-refractivity contribution in [1.29, 1.82) is 0 Å². The second kappa shape index (κ2) is 6.48. The Morgan fingerprint density at radius 1 is 1.14 bits per heavy atom. The van der Waals surface area contributed by atoms with E-state index in [1.165, 1.54) is 12.1 Å². The fraction of sp³-hybridized carbons (Fsp3) is 0.409. The summed E-state index contributed by atoms with van der Waals surface area (Å²) in [5.41, 5.74) is 2.57. The average molecular weight is 381 g/mol. The first-order chi connectivity index (χ1) is 13.6. The van der Waals surface area contributed by atoms with Crippen molar-refractivity contribution in [2.75, 3.05) is 27.2 Å². The van der Waals surface area contributed by atoms with Crippen LogP contribution in [0.25, 0.3) is 0 Å². The summed E-state index contributed by atoms with van der Waals surface area (Å²) in [7, 11) is 3.82. The summed E-state index contributed by atoms with van der Waals surface area (Å²) >= 11 is 0. The smallest absolute Gasteiger partial charge is 0.200 e. The van der Waals surface area contributed by atoms with Gasteiger partial charge < -0.3 is 14.4 Å². The van der Waals surface area contributed by atoms with Crippen molar-refractivity contribution in [2.45, 2.75) is 31.0 Å². The minimum atomic E-state index is -0.472. The van der Waals surface area contributed by atoms with E-state index in [1.807, 2.05) is 12.1 Å². The summed E-state index contributed by atoms with van der Waals surface area (Å²) in [4.78, 5) is 2.32. The van der Waals surface area contributed by atoms with E-state index >= 15 is 0 Å². The van der Waals surface area contributed by atoms with Gasteiger partial charge in [0, 0.05) is 37.9 Å². The second-order valence-corrected chi connectivity index (χ2v) is 7.85. The van der Waals surface area contributed by atoms with E-state index < -0.39 is 5.72 Å². The third-order valence-corrected chi connectivity index (χ3v) is 6.15. The van der Waals surface area contributed by atoms with Gasteiger partial charge in [0.1, 0.15) is 5.82 Å². The van der Waals surface area contributed by atoms with Gasteiger partial charge in [-0.2, -0.15) is 5.10 Å². The molecule has 5 rings (SSSR count). The second-order valence-electron chi connectivity index (χ2n) is 7.85. The van der Waals surface area contributed by atoms with Crippen LogP contribution in [0, 0.1) is 5.82 Å². The third kappa shape index (κ3) is 2.66. The predicted molar refractivity (Wildman–Crippen MR) is 105 cm³/mol. The van der Waals surface area contributed by atoms with Crippen molar-refractivity contribution in [3.8, 4) is 11.5 Å². The molecule has 3 aliphatic heterocycles. The zero-order chi connectivity index (χ0) is 19.3. The standard InChI is InChI=1S/C22H24FN3O2/c1-25-12-10-22(11-13-25)26-19(17-4-3-5-20(27-2)21(17)28-22)14-18(24-26)15-6-8-16(23)9-7-15/h3-9,19H,10-14H2,1-2H3/t19-/m0/s1. The summed E-state index contributed by atoms with van der Waals surface area (Å²) in [6.07, 6.45) is 2.52. The van der Waals surface area contributed by atoms with E-state index in [2.05, 4.69) is 23.0 Å². The van der Waals surface area contributed by atoms with Gasteiger partial charge >= 0.3 is 0 Å². The number of ether oxygens (including phenoxy) is 2. The molecular formula is C22H24FN3O2. The number of hydrogen-bond donors (Lipinski definition) is 0. The van der Waals surface area contributed by atoms with Crippen LogP contribution in [0.2, 0.25) is 0 Å². The quantitative estimate of drug-likeness (QED) is 0.793. The molecule has 0 saturated carbocycles. The summed E-state index contributed by atoms with van der Waals surface area (Å²) < 4.78 is 25.6. The first-order valence-corrected chi connectivity index (χ1v) is 9.77. The first-order valence-electron chi connectivity index (χ1n) is 9.77. The van der Waals surface area contributed by atoms with Gasteiger partial charge in [-0.3, -0.25) is 0 Å². The Balaban J connectivity index is 1.60. The number of para-hydroxylation sites is 1. The Morgan fingerprint density at radius 3 is 2.61 bits per heavy atom. The highest BCUT2D eigenvalue weighted by atomic mass is 19.1. The molecule has 0 N–H and O–H groups in total. The summed E-state index contributed by atoms with van der Waals surface area (Å²) in [5, 5.41) is 7.18. The van der Waals surface area contributed by atoms with Gasteiger partial charge in [0.25, 0.3) is 0 Å². The summed E-state index contributed by atoms with van der Waals surface area (Å²) in [6.45, 7) is 1.91. The Bertz CT molecular complexity index is 920. The molecule has 1 saturated heterocycles. The van der Waals surface area contributed by atoms with Gasteiger partial charge in [-0.15, -0.1) is 0 Å². The van der Waals surface area contributed by atoms with Crippen LogP contribution in [0.4, 0.5) is 4.39 Å². The number of rotatable bonds is 2. The van der Waals surface area contributed by atoms with Crippen LogP contribution >= 0.6 is 0 Å². The van der Waals surface area contributed by atoms with Crippen molar-refractivity contribution in [3.63, 3.8) is 0 Å². The number of halogens is 1. The SMILES string of the molecule is COc1cccc2c1OC1(CCN(C)CC1)N1N=C(c3ccc(F)cc3)C[C@@H]21. The Morgan fingerprint density at radius 2 is 1.89 bits per heavy atom. The van der Waals surface area contributed by atoms with Crippen molar-refractivity contribution >= 4 is 5.71 Å². The molecule has 3 heterocycles. The Hall–Kier alpha value is -2.60. The molecule has 2 aromatic carbocycles. The molecule has 146 valence electrons. The van der Waals surface area contributed by atoms with E-state index in [1.54, 1.807) is 19.2 Å². The number of piperidine rings is 1. The number of fused-ring (bicyclic) bond motifs is 4. The minimum absolute atomic E-state index is 0.0994. The summed E-state index contributed by atoms with van der Waals surface area (Å²) in [5.74, 6) is 1.38. The van der Waals surface area contributed by atoms with E-state index in [0.29, 0.717) is 0 Å². The van der Waals surface area contributed by atoms with Crippen LogP contribution in [0.3, 0.4) is 0 Å². The Labute approximate surface area is 164 Å². The van der Waals surface area contributed by atoms with E-state index in [0.717, 1.165) is 60.7 Å². The molecule has 0 unspecified atom stereocenters. The zero-order valence-corrected chi connectivity index (χ0v) is 16.2. The van der Waals surface area contributed by atoms with Crippen molar-refractivity contribution in [1.82, 2.24) is 9.91 Å². The lowest BCUT2D eigenvalue weighted by atomic mass is 9.90. The Kier molecular flexibility index (Phi) is 4.05. The highest BCUT2D eigenvalue weighted by Crippen LogP contribution is 2.52. The highest BCUT2D eigenvalue weighted by molar-refractivity contribution is 6.02.